The average molecular weight is 515 g/mol. The summed E-state index contributed by atoms with van der Waals surface area (Å²) < 4.78 is 16.9. The predicted octanol–water partition coefficient (Wildman–Crippen LogP) is 2.58. The molecule has 0 bridgehead atoms. The van der Waals surface area contributed by atoms with E-state index in [1.807, 2.05) is 0 Å². The summed E-state index contributed by atoms with van der Waals surface area (Å²) in [7, 11) is 0. The number of ether oxygens (including phenoxy) is 3. The average Bonchev–Trinajstić information content (AvgIpc) is 2.83. The van der Waals surface area contributed by atoms with Crippen LogP contribution >= 0.6 is 0 Å². The number of rotatable bonds is 4. The zero-order valence-corrected chi connectivity index (χ0v) is 21.7. The summed E-state index contributed by atoms with van der Waals surface area (Å²) in [5.74, 6) is -4.73. The number of hydrogen-bond donors (Lipinski definition) is 2. The number of allylic oxidation sites excluding steroid dienone is 1. The van der Waals surface area contributed by atoms with Crippen LogP contribution in [0.15, 0.2) is 43.0 Å². The second kappa shape index (κ2) is 8.77. The highest BCUT2D eigenvalue weighted by Crippen LogP contribution is 2.65. The number of aliphatic hydroxyl groups is 2. The Morgan fingerprint density at radius 2 is 1.73 bits per heavy atom. The SMILES string of the molecule is C=CC1(C)CC(OC(=O)c2ccccc2)C2C(O)(C1=O)C(OC(C)=O)CC1C(C)(C)C(=O)OC(O)C12C. The van der Waals surface area contributed by atoms with Crippen molar-refractivity contribution in [3.05, 3.63) is 48.6 Å². The van der Waals surface area contributed by atoms with Gasteiger partial charge >= 0.3 is 17.9 Å². The van der Waals surface area contributed by atoms with Gasteiger partial charge in [0.1, 0.15) is 12.2 Å². The molecule has 3 fully saturated rings. The monoisotopic (exact) mass is 514 g/mol. The van der Waals surface area contributed by atoms with Crippen molar-refractivity contribution in [2.24, 2.45) is 28.1 Å². The molecule has 1 aliphatic heterocycles. The largest absolute Gasteiger partial charge is 0.459 e. The summed E-state index contributed by atoms with van der Waals surface area (Å²) >= 11 is 0. The third kappa shape index (κ3) is 3.82. The fraction of sp³-hybridized carbons (Fsp3) is 0.571. The number of fused-ring (bicyclic) bond motifs is 3. The Balaban J connectivity index is 1.93. The van der Waals surface area contributed by atoms with Crippen molar-refractivity contribution in [1.82, 2.24) is 0 Å². The molecule has 0 amide bonds. The quantitative estimate of drug-likeness (QED) is 0.353. The molecule has 1 aromatic rings. The molecule has 9 heteroatoms. The van der Waals surface area contributed by atoms with Gasteiger partial charge in [0.05, 0.1) is 16.4 Å². The van der Waals surface area contributed by atoms with Gasteiger partial charge in [-0.3, -0.25) is 14.4 Å². The number of carbonyl (C=O) groups excluding carboxylic acids is 4. The zero-order chi connectivity index (χ0) is 27.6. The molecule has 37 heavy (non-hydrogen) atoms. The van der Waals surface area contributed by atoms with E-state index in [4.69, 9.17) is 14.2 Å². The third-order valence-corrected chi connectivity index (χ3v) is 8.89. The highest BCUT2D eigenvalue weighted by atomic mass is 16.6. The summed E-state index contributed by atoms with van der Waals surface area (Å²) in [6, 6.07) is 8.24. The molecule has 200 valence electrons. The van der Waals surface area contributed by atoms with Crippen LogP contribution in [0.2, 0.25) is 0 Å². The normalized spacial score (nSPS) is 40.5. The van der Waals surface area contributed by atoms with E-state index in [1.54, 1.807) is 58.0 Å². The predicted molar refractivity (Wildman–Crippen MR) is 130 cm³/mol. The van der Waals surface area contributed by atoms with Crippen LogP contribution < -0.4 is 0 Å². The molecule has 0 spiro atoms. The molecule has 0 radical (unpaired) electrons. The number of aliphatic hydroxyl groups excluding tert-OH is 1. The maximum Gasteiger partial charge on any atom is 0.338 e. The van der Waals surface area contributed by atoms with Crippen molar-refractivity contribution >= 4 is 23.7 Å². The van der Waals surface area contributed by atoms with E-state index in [2.05, 4.69) is 6.58 Å². The highest BCUT2D eigenvalue weighted by molar-refractivity contribution is 5.97. The highest BCUT2D eigenvalue weighted by Gasteiger charge is 2.77. The molecule has 8 atom stereocenters. The Morgan fingerprint density at radius 1 is 1.11 bits per heavy atom. The molecule has 0 aromatic heterocycles. The molecule has 9 nitrogen and oxygen atoms in total. The summed E-state index contributed by atoms with van der Waals surface area (Å²) in [4.78, 5) is 52.2. The molecule has 3 aliphatic rings. The fourth-order valence-corrected chi connectivity index (χ4v) is 6.92. The summed E-state index contributed by atoms with van der Waals surface area (Å²) in [5, 5.41) is 23.5. The van der Waals surface area contributed by atoms with Crippen molar-refractivity contribution in [3.8, 4) is 0 Å². The van der Waals surface area contributed by atoms with Gasteiger partial charge in [-0.25, -0.2) is 4.79 Å². The summed E-state index contributed by atoms with van der Waals surface area (Å²) in [5.41, 5.74) is -6.08. The Bertz CT molecular complexity index is 1140. The van der Waals surface area contributed by atoms with E-state index in [0.717, 1.165) is 6.92 Å². The molecule has 2 aliphatic carbocycles. The molecule has 4 rings (SSSR count). The molecule has 1 heterocycles. The van der Waals surface area contributed by atoms with Crippen LogP contribution in [0.4, 0.5) is 0 Å². The van der Waals surface area contributed by atoms with Crippen molar-refractivity contribution in [2.75, 3.05) is 0 Å². The second-order valence-electron chi connectivity index (χ2n) is 11.5. The first-order chi connectivity index (χ1) is 17.1. The van der Waals surface area contributed by atoms with Crippen molar-refractivity contribution < 1.29 is 43.6 Å². The third-order valence-electron chi connectivity index (χ3n) is 8.89. The van der Waals surface area contributed by atoms with Crippen LogP contribution in [0.5, 0.6) is 0 Å². The van der Waals surface area contributed by atoms with Gasteiger partial charge in [0.2, 0.25) is 6.29 Å². The minimum atomic E-state index is -2.37. The van der Waals surface area contributed by atoms with Gasteiger partial charge in [-0.2, -0.15) is 0 Å². The minimum Gasteiger partial charge on any atom is -0.459 e. The smallest absolute Gasteiger partial charge is 0.338 e. The van der Waals surface area contributed by atoms with E-state index >= 15 is 0 Å². The van der Waals surface area contributed by atoms with Gasteiger partial charge in [0.25, 0.3) is 0 Å². The number of esters is 3. The van der Waals surface area contributed by atoms with E-state index < -0.39 is 75.9 Å². The van der Waals surface area contributed by atoms with Crippen LogP contribution in [0.25, 0.3) is 0 Å². The molecule has 2 saturated carbocycles. The van der Waals surface area contributed by atoms with Gasteiger partial charge in [0, 0.05) is 24.7 Å². The summed E-state index contributed by atoms with van der Waals surface area (Å²) in [6.45, 7) is 11.4. The first-order valence-electron chi connectivity index (χ1n) is 12.4. The standard InChI is InChI=1S/C28H34O9/c1-7-26(5)14-17(36-21(30)16-11-9-8-10-12-16)20-27(6)18(25(3,4)23(32)37-24(27)33)13-19(35-15(2)29)28(20,34)22(26)31/h7-12,17-20,24,33-34H,1,13-14H2,2-6H3. The minimum absolute atomic E-state index is 0.0446. The van der Waals surface area contributed by atoms with E-state index in [1.165, 1.54) is 6.08 Å². The lowest BCUT2D eigenvalue weighted by atomic mass is 9.42. The van der Waals surface area contributed by atoms with Gasteiger partial charge in [-0.05, 0) is 45.2 Å². The van der Waals surface area contributed by atoms with Crippen molar-refractivity contribution in [2.45, 2.75) is 71.6 Å². The molecular formula is C28H34O9. The van der Waals surface area contributed by atoms with Crippen LogP contribution in [0, 0.1) is 28.1 Å². The van der Waals surface area contributed by atoms with Crippen LogP contribution in [-0.4, -0.2) is 58.0 Å². The Morgan fingerprint density at radius 3 is 2.30 bits per heavy atom. The first kappa shape index (κ1) is 27.0. The maximum absolute atomic E-state index is 14.0. The molecule has 2 N–H and O–H groups in total. The lowest BCUT2D eigenvalue weighted by molar-refractivity contribution is -0.320. The van der Waals surface area contributed by atoms with Gasteiger partial charge < -0.3 is 24.4 Å². The number of hydrogen-bond acceptors (Lipinski definition) is 9. The van der Waals surface area contributed by atoms with Crippen molar-refractivity contribution in [1.29, 1.82) is 0 Å². The number of carbonyl (C=O) groups is 4. The Labute approximate surface area is 215 Å². The number of benzene rings is 1. The first-order valence-corrected chi connectivity index (χ1v) is 12.4. The van der Waals surface area contributed by atoms with E-state index in [0.29, 0.717) is 0 Å². The van der Waals surface area contributed by atoms with Gasteiger partial charge in [-0.15, -0.1) is 6.58 Å². The maximum atomic E-state index is 14.0. The lowest BCUT2D eigenvalue weighted by Gasteiger charge is -2.65. The topological polar surface area (TPSA) is 136 Å². The Kier molecular flexibility index (Phi) is 6.40. The fourth-order valence-electron chi connectivity index (χ4n) is 6.92. The lowest BCUT2D eigenvalue weighted by Crippen LogP contribution is -2.78. The number of Topliss-reactive ketones (excluding diaryl/α,β-unsaturated/α-hetero) is 1. The summed E-state index contributed by atoms with van der Waals surface area (Å²) in [6.07, 6.45) is -2.97. The Hall–Kier alpha value is -3.04. The number of ketones is 1. The van der Waals surface area contributed by atoms with E-state index in [-0.39, 0.29) is 18.4 Å². The van der Waals surface area contributed by atoms with Crippen molar-refractivity contribution in [3.63, 3.8) is 0 Å². The zero-order valence-electron chi connectivity index (χ0n) is 21.7. The number of cyclic esters (lactones) is 1. The van der Waals surface area contributed by atoms with Crippen LogP contribution in [0.3, 0.4) is 0 Å². The molecule has 8 unspecified atom stereocenters. The van der Waals surface area contributed by atoms with E-state index in [9.17, 15) is 29.4 Å². The molecule has 1 aromatic carbocycles. The molecule has 1 saturated heterocycles. The molecular weight excluding hydrogens is 480 g/mol. The van der Waals surface area contributed by atoms with Gasteiger partial charge in [0.15, 0.2) is 11.4 Å². The van der Waals surface area contributed by atoms with Gasteiger partial charge in [-0.1, -0.05) is 31.2 Å². The van der Waals surface area contributed by atoms with Crippen LogP contribution in [0.1, 0.15) is 57.8 Å². The van der Waals surface area contributed by atoms with Crippen LogP contribution in [-0.2, 0) is 28.6 Å². The second-order valence-corrected chi connectivity index (χ2v) is 11.5.